The molecule has 0 saturated carbocycles. The highest BCUT2D eigenvalue weighted by molar-refractivity contribution is 9.10. The molecule has 4 rings (SSSR count). The summed E-state index contributed by atoms with van der Waals surface area (Å²) in [5, 5.41) is 11.4. The Hall–Kier alpha value is -1.74. The Kier molecular flexibility index (Phi) is 3.77. The number of benzene rings is 1. The fraction of sp³-hybridized carbons (Fsp3) is 0.235. The van der Waals surface area contributed by atoms with E-state index in [1.165, 1.54) is 6.20 Å². The SMILES string of the molecule is Cc1ccc(S(=O)(=O)n2c(C3(O)COC3)cc3c(Br)ccnc32)cc1. The highest BCUT2D eigenvalue weighted by Gasteiger charge is 2.43. The van der Waals surface area contributed by atoms with Crippen LogP contribution in [-0.4, -0.2) is 35.7 Å². The van der Waals surface area contributed by atoms with E-state index in [2.05, 4.69) is 20.9 Å². The summed E-state index contributed by atoms with van der Waals surface area (Å²) in [5.41, 5.74) is 0.139. The molecule has 8 heteroatoms. The van der Waals surface area contributed by atoms with Crippen molar-refractivity contribution in [2.75, 3.05) is 13.2 Å². The van der Waals surface area contributed by atoms with Gasteiger partial charge in [0.15, 0.2) is 11.2 Å². The van der Waals surface area contributed by atoms with E-state index in [1.807, 2.05) is 6.92 Å². The van der Waals surface area contributed by atoms with Crippen molar-refractivity contribution in [2.45, 2.75) is 17.4 Å². The maximum Gasteiger partial charge on any atom is 0.269 e. The zero-order chi connectivity index (χ0) is 17.8. The largest absolute Gasteiger partial charge is 0.379 e. The molecule has 0 atom stereocenters. The minimum Gasteiger partial charge on any atom is -0.379 e. The lowest BCUT2D eigenvalue weighted by Gasteiger charge is -2.36. The van der Waals surface area contributed by atoms with Crippen LogP contribution in [0.15, 0.2) is 52.0 Å². The summed E-state index contributed by atoms with van der Waals surface area (Å²) in [7, 11) is -3.93. The van der Waals surface area contributed by atoms with Gasteiger partial charge in [-0.2, -0.15) is 0 Å². The molecule has 1 aromatic carbocycles. The van der Waals surface area contributed by atoms with Gasteiger partial charge in [-0.15, -0.1) is 0 Å². The quantitative estimate of drug-likeness (QED) is 0.701. The number of hydrogen-bond donors (Lipinski definition) is 1. The van der Waals surface area contributed by atoms with E-state index < -0.39 is 15.6 Å². The van der Waals surface area contributed by atoms with E-state index in [1.54, 1.807) is 36.4 Å². The molecule has 1 fully saturated rings. The van der Waals surface area contributed by atoms with Crippen LogP contribution in [0.5, 0.6) is 0 Å². The molecular formula is C17H15BrN2O4S. The molecule has 2 aromatic heterocycles. The Balaban J connectivity index is 2.04. The molecule has 0 unspecified atom stereocenters. The second-order valence-electron chi connectivity index (χ2n) is 6.17. The van der Waals surface area contributed by atoms with E-state index in [0.717, 1.165) is 9.54 Å². The number of ether oxygens (including phenoxy) is 1. The van der Waals surface area contributed by atoms with Crippen LogP contribution < -0.4 is 0 Å². The summed E-state index contributed by atoms with van der Waals surface area (Å²) in [5.74, 6) is 0. The third-order valence-corrected chi connectivity index (χ3v) is 6.74. The van der Waals surface area contributed by atoms with Gasteiger partial charge in [0.05, 0.1) is 23.8 Å². The summed E-state index contributed by atoms with van der Waals surface area (Å²) in [6.45, 7) is 1.98. The first-order valence-corrected chi connectivity index (χ1v) is 9.85. The van der Waals surface area contributed by atoms with Crippen molar-refractivity contribution in [3.8, 4) is 0 Å². The number of aromatic nitrogens is 2. The number of rotatable bonds is 3. The highest BCUT2D eigenvalue weighted by atomic mass is 79.9. The van der Waals surface area contributed by atoms with E-state index >= 15 is 0 Å². The normalized spacial score (nSPS) is 16.8. The number of aliphatic hydroxyl groups is 1. The molecule has 0 amide bonds. The van der Waals surface area contributed by atoms with E-state index in [-0.39, 0.29) is 29.5 Å². The summed E-state index contributed by atoms with van der Waals surface area (Å²) in [6.07, 6.45) is 1.53. The lowest BCUT2D eigenvalue weighted by atomic mass is 9.98. The molecular weight excluding hydrogens is 408 g/mol. The van der Waals surface area contributed by atoms with Gasteiger partial charge in [-0.1, -0.05) is 17.7 Å². The molecule has 0 radical (unpaired) electrons. The molecule has 0 bridgehead atoms. The van der Waals surface area contributed by atoms with Crippen molar-refractivity contribution in [1.82, 2.24) is 8.96 Å². The van der Waals surface area contributed by atoms with Crippen molar-refractivity contribution >= 4 is 37.0 Å². The third kappa shape index (κ3) is 2.52. The zero-order valence-corrected chi connectivity index (χ0v) is 15.7. The number of fused-ring (bicyclic) bond motifs is 1. The molecule has 130 valence electrons. The Bertz CT molecular complexity index is 1070. The molecule has 1 N–H and O–H groups in total. The van der Waals surface area contributed by atoms with Gasteiger partial charge >= 0.3 is 0 Å². The second kappa shape index (κ2) is 5.63. The number of nitrogens with zero attached hydrogens (tertiary/aromatic N) is 2. The number of aryl methyl sites for hydroxylation is 1. The van der Waals surface area contributed by atoms with Crippen LogP contribution in [0.2, 0.25) is 0 Å². The van der Waals surface area contributed by atoms with E-state index in [4.69, 9.17) is 4.74 Å². The average molecular weight is 423 g/mol. The highest BCUT2D eigenvalue weighted by Crippen LogP contribution is 2.37. The lowest BCUT2D eigenvalue weighted by Crippen LogP contribution is -2.48. The molecule has 1 saturated heterocycles. The van der Waals surface area contributed by atoms with Crippen molar-refractivity contribution < 1.29 is 18.3 Å². The smallest absolute Gasteiger partial charge is 0.269 e. The summed E-state index contributed by atoms with van der Waals surface area (Å²) >= 11 is 3.42. The Labute approximate surface area is 153 Å². The standard InChI is InChI=1S/C17H15BrN2O4S/c1-11-2-4-12(5-3-11)25(22,23)20-15(17(21)9-24-10-17)8-13-14(18)6-7-19-16(13)20/h2-8,21H,9-10H2,1H3. The first kappa shape index (κ1) is 16.7. The topological polar surface area (TPSA) is 81.4 Å². The van der Waals surface area contributed by atoms with Crippen LogP contribution in [-0.2, 0) is 20.4 Å². The predicted molar refractivity (Wildman–Crippen MR) is 95.9 cm³/mol. The molecule has 3 heterocycles. The molecule has 25 heavy (non-hydrogen) atoms. The third-order valence-electron chi connectivity index (χ3n) is 4.33. The fourth-order valence-corrected chi connectivity index (χ4v) is 4.83. The molecule has 1 aliphatic heterocycles. The zero-order valence-electron chi connectivity index (χ0n) is 13.3. The van der Waals surface area contributed by atoms with Crippen LogP contribution in [0.1, 0.15) is 11.3 Å². The number of pyridine rings is 1. The van der Waals surface area contributed by atoms with Crippen molar-refractivity contribution in [1.29, 1.82) is 0 Å². The summed E-state index contributed by atoms with van der Waals surface area (Å²) < 4.78 is 33.5. The lowest BCUT2D eigenvalue weighted by molar-refractivity contribution is -0.187. The van der Waals surface area contributed by atoms with Crippen LogP contribution in [0.3, 0.4) is 0 Å². The fourth-order valence-electron chi connectivity index (χ4n) is 2.87. The van der Waals surface area contributed by atoms with Crippen molar-refractivity contribution in [3.05, 3.63) is 58.3 Å². The maximum atomic E-state index is 13.3. The average Bonchev–Trinajstić information content (AvgIpc) is 2.95. The molecule has 1 aliphatic rings. The van der Waals surface area contributed by atoms with Gasteiger partial charge in [-0.05, 0) is 47.1 Å². The summed E-state index contributed by atoms with van der Waals surface area (Å²) in [4.78, 5) is 4.39. The minimum atomic E-state index is -3.93. The van der Waals surface area contributed by atoms with Gasteiger partial charge in [-0.3, -0.25) is 0 Å². The van der Waals surface area contributed by atoms with Gasteiger partial charge < -0.3 is 9.84 Å². The molecule has 0 aliphatic carbocycles. The number of hydrogen-bond acceptors (Lipinski definition) is 5. The molecule has 6 nitrogen and oxygen atoms in total. The minimum absolute atomic E-state index is 0.0460. The van der Waals surface area contributed by atoms with Crippen LogP contribution in [0.4, 0.5) is 0 Å². The first-order valence-electron chi connectivity index (χ1n) is 7.62. The maximum absolute atomic E-state index is 13.3. The van der Waals surface area contributed by atoms with Gasteiger partial charge in [0.2, 0.25) is 0 Å². The van der Waals surface area contributed by atoms with Crippen LogP contribution in [0.25, 0.3) is 11.0 Å². The first-order chi connectivity index (χ1) is 11.8. The second-order valence-corrected chi connectivity index (χ2v) is 8.81. The van der Waals surface area contributed by atoms with Gasteiger partial charge in [-0.25, -0.2) is 17.4 Å². The van der Waals surface area contributed by atoms with Gasteiger partial charge in [0, 0.05) is 16.1 Å². The van der Waals surface area contributed by atoms with Crippen molar-refractivity contribution in [2.24, 2.45) is 0 Å². The Morgan fingerprint density at radius 1 is 1.24 bits per heavy atom. The molecule has 0 spiro atoms. The van der Waals surface area contributed by atoms with Crippen molar-refractivity contribution in [3.63, 3.8) is 0 Å². The summed E-state index contributed by atoms with van der Waals surface area (Å²) in [6, 6.07) is 9.97. The van der Waals surface area contributed by atoms with Crippen LogP contribution >= 0.6 is 15.9 Å². The number of halogens is 1. The monoisotopic (exact) mass is 422 g/mol. The Morgan fingerprint density at radius 3 is 2.52 bits per heavy atom. The Morgan fingerprint density at radius 2 is 1.92 bits per heavy atom. The predicted octanol–water partition coefficient (Wildman–Crippen LogP) is 2.56. The van der Waals surface area contributed by atoms with Gasteiger partial charge in [0.1, 0.15) is 0 Å². The molecule has 3 aromatic rings. The van der Waals surface area contributed by atoms with E-state index in [9.17, 15) is 13.5 Å². The van der Waals surface area contributed by atoms with E-state index in [0.29, 0.717) is 9.86 Å². The van der Waals surface area contributed by atoms with Gasteiger partial charge in [0.25, 0.3) is 10.0 Å². The van der Waals surface area contributed by atoms with Crippen LogP contribution in [0, 0.1) is 6.92 Å².